The van der Waals surface area contributed by atoms with Crippen LogP contribution in [0, 0.1) is 13.8 Å². The van der Waals surface area contributed by atoms with Gasteiger partial charge >= 0.3 is 0 Å². The van der Waals surface area contributed by atoms with Gasteiger partial charge in [-0.05, 0) is 44.4 Å². The molecule has 0 radical (unpaired) electrons. The zero-order valence-corrected chi connectivity index (χ0v) is 15.1. The van der Waals surface area contributed by atoms with Crippen molar-refractivity contribution < 1.29 is 9.69 Å². The predicted octanol–water partition coefficient (Wildman–Crippen LogP) is 1.31. The van der Waals surface area contributed by atoms with Gasteiger partial charge in [0.25, 0.3) is 5.91 Å². The Kier molecular flexibility index (Phi) is 6.46. The minimum atomic E-state index is 0.195. The molecule has 1 atom stereocenters. The van der Waals surface area contributed by atoms with E-state index in [1.165, 1.54) is 21.7 Å². The third-order valence-corrected chi connectivity index (χ3v) is 4.93. The second-order valence-corrected chi connectivity index (χ2v) is 6.89. The maximum Gasteiger partial charge on any atom is 0.275 e. The molecule has 4 nitrogen and oxygen atoms in total. The smallest absolute Gasteiger partial charge is 0.275 e. The SMILES string of the molecule is CCC[C@@H](C)NC(=O)C[NH+]1CCN(c2cccc(C)c2C)CC1. The van der Waals surface area contributed by atoms with E-state index in [1.54, 1.807) is 0 Å². The molecule has 1 aliphatic rings. The van der Waals surface area contributed by atoms with Crippen molar-refractivity contribution in [1.29, 1.82) is 0 Å². The van der Waals surface area contributed by atoms with E-state index >= 15 is 0 Å². The lowest BCUT2D eigenvalue weighted by Crippen LogP contribution is -3.16. The van der Waals surface area contributed by atoms with Crippen LogP contribution < -0.4 is 15.1 Å². The maximum absolute atomic E-state index is 12.1. The van der Waals surface area contributed by atoms with Crippen LogP contribution >= 0.6 is 0 Å². The fraction of sp³-hybridized carbons (Fsp3) is 0.632. The summed E-state index contributed by atoms with van der Waals surface area (Å²) < 4.78 is 0. The van der Waals surface area contributed by atoms with E-state index in [-0.39, 0.29) is 5.91 Å². The number of aryl methyl sites for hydroxylation is 1. The Morgan fingerprint density at radius 3 is 2.65 bits per heavy atom. The lowest BCUT2D eigenvalue weighted by Gasteiger charge is -2.34. The Balaban J connectivity index is 1.82. The molecule has 1 aromatic rings. The highest BCUT2D eigenvalue weighted by Gasteiger charge is 2.23. The highest BCUT2D eigenvalue weighted by atomic mass is 16.2. The molecule has 0 unspecified atom stereocenters. The standard InChI is InChI=1S/C19H31N3O/c1-5-7-16(3)20-19(23)14-21-10-12-22(13-11-21)18-9-6-8-15(2)17(18)4/h6,8-9,16H,5,7,10-14H2,1-4H3,(H,20,23)/p+1/t16-/m1/s1. The number of nitrogens with zero attached hydrogens (tertiary/aromatic N) is 1. The summed E-state index contributed by atoms with van der Waals surface area (Å²) in [4.78, 5) is 16.0. The first-order chi connectivity index (χ1) is 11.0. The molecular formula is C19H32N3O+. The van der Waals surface area contributed by atoms with Gasteiger partial charge in [0.05, 0.1) is 26.2 Å². The molecule has 0 saturated carbocycles. The number of quaternary nitrogens is 1. The van der Waals surface area contributed by atoms with Crippen molar-refractivity contribution >= 4 is 11.6 Å². The summed E-state index contributed by atoms with van der Waals surface area (Å²) in [5, 5.41) is 3.11. The van der Waals surface area contributed by atoms with Crippen molar-refractivity contribution in [2.24, 2.45) is 0 Å². The summed E-state index contributed by atoms with van der Waals surface area (Å²) in [5.74, 6) is 0.195. The number of hydrogen-bond acceptors (Lipinski definition) is 2. The van der Waals surface area contributed by atoms with Crippen molar-refractivity contribution in [1.82, 2.24) is 5.32 Å². The van der Waals surface area contributed by atoms with E-state index < -0.39 is 0 Å². The molecule has 1 heterocycles. The first-order valence-corrected chi connectivity index (χ1v) is 8.95. The van der Waals surface area contributed by atoms with Crippen LogP contribution in [0.15, 0.2) is 18.2 Å². The van der Waals surface area contributed by atoms with E-state index in [0.717, 1.165) is 39.0 Å². The van der Waals surface area contributed by atoms with E-state index in [0.29, 0.717) is 12.6 Å². The first kappa shape index (κ1) is 17.8. The molecule has 0 spiro atoms. The number of carbonyl (C=O) groups is 1. The Bertz CT molecular complexity index is 521. The second kappa shape index (κ2) is 8.34. The lowest BCUT2D eigenvalue weighted by molar-refractivity contribution is -0.892. The average molecular weight is 318 g/mol. The molecule has 0 bridgehead atoms. The van der Waals surface area contributed by atoms with Crippen LogP contribution in [-0.2, 0) is 4.79 Å². The van der Waals surface area contributed by atoms with Gasteiger partial charge in [-0.2, -0.15) is 0 Å². The van der Waals surface area contributed by atoms with Crippen LogP contribution in [0.1, 0.15) is 37.8 Å². The van der Waals surface area contributed by atoms with Crippen molar-refractivity contribution in [2.75, 3.05) is 37.6 Å². The highest BCUT2D eigenvalue weighted by molar-refractivity contribution is 5.77. The third-order valence-electron chi connectivity index (χ3n) is 4.93. The summed E-state index contributed by atoms with van der Waals surface area (Å²) in [7, 11) is 0. The van der Waals surface area contributed by atoms with Gasteiger partial charge in [-0.15, -0.1) is 0 Å². The van der Waals surface area contributed by atoms with Gasteiger partial charge in [0, 0.05) is 11.7 Å². The van der Waals surface area contributed by atoms with Gasteiger partial charge in [0.15, 0.2) is 6.54 Å². The molecular weight excluding hydrogens is 286 g/mol. The molecule has 128 valence electrons. The molecule has 1 saturated heterocycles. The predicted molar refractivity (Wildman–Crippen MR) is 96.2 cm³/mol. The average Bonchev–Trinajstić information content (AvgIpc) is 2.51. The van der Waals surface area contributed by atoms with Crippen LogP contribution in [-0.4, -0.2) is 44.7 Å². The van der Waals surface area contributed by atoms with Gasteiger partial charge in [0.2, 0.25) is 0 Å². The van der Waals surface area contributed by atoms with E-state index in [9.17, 15) is 4.79 Å². The van der Waals surface area contributed by atoms with E-state index in [2.05, 4.69) is 56.1 Å². The topological polar surface area (TPSA) is 36.8 Å². The van der Waals surface area contributed by atoms with Crippen molar-refractivity contribution in [3.8, 4) is 0 Å². The zero-order chi connectivity index (χ0) is 16.8. The molecule has 1 amide bonds. The summed E-state index contributed by atoms with van der Waals surface area (Å²) >= 11 is 0. The minimum absolute atomic E-state index is 0.195. The Morgan fingerprint density at radius 1 is 1.30 bits per heavy atom. The Hall–Kier alpha value is -1.55. The molecule has 2 rings (SSSR count). The van der Waals surface area contributed by atoms with Gasteiger partial charge < -0.3 is 15.1 Å². The number of benzene rings is 1. The van der Waals surface area contributed by atoms with Crippen molar-refractivity contribution in [2.45, 2.75) is 46.6 Å². The lowest BCUT2D eigenvalue weighted by atomic mass is 10.1. The second-order valence-electron chi connectivity index (χ2n) is 6.89. The first-order valence-electron chi connectivity index (χ1n) is 8.95. The number of hydrogen-bond donors (Lipinski definition) is 2. The zero-order valence-electron chi connectivity index (χ0n) is 15.1. The summed E-state index contributed by atoms with van der Waals surface area (Å²) in [6.07, 6.45) is 2.17. The van der Waals surface area contributed by atoms with Crippen LogP contribution in [0.5, 0.6) is 0 Å². The molecule has 1 aliphatic heterocycles. The molecule has 1 fully saturated rings. The quantitative estimate of drug-likeness (QED) is 0.830. The molecule has 1 aromatic carbocycles. The Morgan fingerprint density at radius 2 is 2.00 bits per heavy atom. The van der Waals surface area contributed by atoms with Crippen molar-refractivity contribution in [3.05, 3.63) is 29.3 Å². The largest absolute Gasteiger partial charge is 0.360 e. The van der Waals surface area contributed by atoms with Crippen molar-refractivity contribution in [3.63, 3.8) is 0 Å². The monoisotopic (exact) mass is 318 g/mol. The van der Waals surface area contributed by atoms with Crippen LogP contribution in [0.2, 0.25) is 0 Å². The molecule has 4 heteroatoms. The number of nitrogens with one attached hydrogen (secondary N) is 2. The normalized spacial score (nSPS) is 17.1. The van der Waals surface area contributed by atoms with Gasteiger partial charge in [0.1, 0.15) is 0 Å². The number of amides is 1. The maximum atomic E-state index is 12.1. The minimum Gasteiger partial charge on any atom is -0.360 e. The summed E-state index contributed by atoms with van der Waals surface area (Å²) in [6.45, 7) is 13.3. The van der Waals surface area contributed by atoms with E-state index in [4.69, 9.17) is 0 Å². The molecule has 0 aromatic heterocycles. The van der Waals surface area contributed by atoms with Crippen LogP contribution in [0.3, 0.4) is 0 Å². The van der Waals surface area contributed by atoms with Crippen LogP contribution in [0.25, 0.3) is 0 Å². The molecule has 0 aliphatic carbocycles. The van der Waals surface area contributed by atoms with Gasteiger partial charge in [-0.25, -0.2) is 0 Å². The fourth-order valence-electron chi connectivity index (χ4n) is 3.38. The van der Waals surface area contributed by atoms with E-state index in [1.807, 2.05) is 0 Å². The number of carbonyl (C=O) groups excluding carboxylic acids is 1. The molecule has 23 heavy (non-hydrogen) atoms. The van der Waals surface area contributed by atoms with Crippen LogP contribution in [0.4, 0.5) is 5.69 Å². The van der Waals surface area contributed by atoms with Gasteiger partial charge in [-0.3, -0.25) is 4.79 Å². The number of piperazine rings is 1. The Labute approximate surface area is 140 Å². The number of rotatable bonds is 6. The highest BCUT2D eigenvalue weighted by Crippen LogP contribution is 2.22. The summed E-state index contributed by atoms with van der Waals surface area (Å²) in [5.41, 5.74) is 4.08. The number of anilines is 1. The fourth-order valence-corrected chi connectivity index (χ4v) is 3.38. The summed E-state index contributed by atoms with van der Waals surface area (Å²) in [6, 6.07) is 6.82. The van der Waals surface area contributed by atoms with Gasteiger partial charge in [-0.1, -0.05) is 25.5 Å². The molecule has 2 N–H and O–H groups in total. The third kappa shape index (κ3) is 4.96.